The van der Waals surface area contributed by atoms with Crippen LogP contribution in [-0.4, -0.2) is 29.1 Å². The first-order chi connectivity index (χ1) is 15.0. The summed E-state index contributed by atoms with van der Waals surface area (Å²) < 4.78 is 11.4. The van der Waals surface area contributed by atoms with Gasteiger partial charge in [0.1, 0.15) is 12.3 Å². The Hall–Kier alpha value is -2.57. The van der Waals surface area contributed by atoms with Crippen LogP contribution < -0.4 is 14.8 Å². The predicted molar refractivity (Wildman–Crippen MR) is 126 cm³/mol. The molecular weight excluding hydrogens is 432 g/mol. The summed E-state index contributed by atoms with van der Waals surface area (Å²) in [7, 11) is 1.60. The quantitative estimate of drug-likeness (QED) is 0.471. The number of amides is 1. The summed E-state index contributed by atoms with van der Waals surface area (Å²) in [6.07, 6.45) is 7.34. The lowest BCUT2D eigenvalue weighted by atomic mass is 9.94. The Kier molecular flexibility index (Phi) is 6.78. The molecule has 0 spiro atoms. The molecule has 1 heterocycles. The van der Waals surface area contributed by atoms with E-state index in [2.05, 4.69) is 5.32 Å². The topological polar surface area (TPSA) is 50.8 Å². The summed E-state index contributed by atoms with van der Waals surface area (Å²) >= 11 is 11.4. The average molecular weight is 457 g/mol. The molecule has 1 saturated carbocycles. The maximum absolute atomic E-state index is 13.0. The summed E-state index contributed by atoms with van der Waals surface area (Å²) in [5.74, 6) is 1.17. The number of carbonyl (C=O) groups is 1. The van der Waals surface area contributed by atoms with Crippen molar-refractivity contribution in [2.75, 3.05) is 7.11 Å². The molecule has 5 nitrogen and oxygen atoms in total. The highest BCUT2D eigenvalue weighted by atomic mass is 35.5. The van der Waals surface area contributed by atoms with Gasteiger partial charge in [-0.3, -0.25) is 9.69 Å². The summed E-state index contributed by atoms with van der Waals surface area (Å²) in [5, 5.41) is 4.28. The number of ether oxygens (including phenoxy) is 2. The third-order valence-electron chi connectivity index (χ3n) is 5.66. The van der Waals surface area contributed by atoms with Crippen LogP contribution in [0.25, 0.3) is 6.08 Å². The highest BCUT2D eigenvalue weighted by molar-refractivity contribution is 7.80. The van der Waals surface area contributed by atoms with Gasteiger partial charge in [0, 0.05) is 11.1 Å². The number of hydrogen-bond donors (Lipinski definition) is 1. The minimum absolute atomic E-state index is 0.0565. The molecule has 1 amide bonds. The second-order valence-corrected chi connectivity index (χ2v) is 8.60. The fourth-order valence-corrected chi connectivity index (χ4v) is 4.49. The van der Waals surface area contributed by atoms with E-state index in [-0.39, 0.29) is 11.9 Å². The predicted octanol–water partition coefficient (Wildman–Crippen LogP) is 5.32. The fraction of sp³-hybridized carbons (Fsp3) is 0.333. The van der Waals surface area contributed by atoms with Crippen molar-refractivity contribution in [1.29, 1.82) is 0 Å². The Labute approximate surface area is 193 Å². The van der Waals surface area contributed by atoms with Gasteiger partial charge in [-0.25, -0.2) is 0 Å². The van der Waals surface area contributed by atoms with Crippen molar-refractivity contribution < 1.29 is 14.3 Å². The van der Waals surface area contributed by atoms with Gasteiger partial charge in [-0.15, -0.1) is 0 Å². The number of benzene rings is 2. The smallest absolute Gasteiger partial charge is 0.276 e. The van der Waals surface area contributed by atoms with Crippen LogP contribution in [0.4, 0.5) is 0 Å². The van der Waals surface area contributed by atoms with E-state index in [1.807, 2.05) is 48.5 Å². The number of carbonyl (C=O) groups excluding carboxylic acids is 1. The molecular formula is C24H25ClN2O3S. The third-order valence-corrected chi connectivity index (χ3v) is 6.21. The Morgan fingerprint density at radius 2 is 1.87 bits per heavy atom. The van der Waals surface area contributed by atoms with Gasteiger partial charge in [-0.1, -0.05) is 49.1 Å². The van der Waals surface area contributed by atoms with E-state index in [9.17, 15) is 4.79 Å². The Morgan fingerprint density at radius 1 is 1.13 bits per heavy atom. The normalized spacial score (nSPS) is 18.4. The van der Waals surface area contributed by atoms with E-state index in [1.165, 1.54) is 6.42 Å². The van der Waals surface area contributed by atoms with Crippen molar-refractivity contribution in [3.8, 4) is 11.5 Å². The van der Waals surface area contributed by atoms with E-state index in [4.69, 9.17) is 33.3 Å². The number of methoxy groups -OCH3 is 1. The molecule has 0 radical (unpaired) electrons. The van der Waals surface area contributed by atoms with Crippen LogP contribution in [0, 0.1) is 0 Å². The van der Waals surface area contributed by atoms with Gasteiger partial charge in [-0.2, -0.15) is 0 Å². The monoisotopic (exact) mass is 456 g/mol. The van der Waals surface area contributed by atoms with Gasteiger partial charge < -0.3 is 14.8 Å². The zero-order valence-electron chi connectivity index (χ0n) is 17.4. The van der Waals surface area contributed by atoms with Crippen LogP contribution in [0.3, 0.4) is 0 Å². The largest absolute Gasteiger partial charge is 0.493 e. The summed E-state index contributed by atoms with van der Waals surface area (Å²) in [5.41, 5.74) is 2.34. The van der Waals surface area contributed by atoms with Gasteiger partial charge in [-0.05, 0) is 66.5 Å². The molecule has 0 aromatic heterocycles. The van der Waals surface area contributed by atoms with E-state index >= 15 is 0 Å². The van der Waals surface area contributed by atoms with Gasteiger partial charge >= 0.3 is 0 Å². The molecule has 1 aliphatic carbocycles. The first-order valence-electron chi connectivity index (χ1n) is 10.5. The number of thiocarbonyl (C=S) groups is 1. The molecule has 1 N–H and O–H groups in total. The molecule has 7 heteroatoms. The third kappa shape index (κ3) is 5.02. The SMILES string of the molecule is COc1cc(/C=C2\NC(=S)N(C3CCCCC3)C2=O)ccc1OCc1ccc(Cl)cc1. The van der Waals surface area contributed by atoms with Crippen LogP contribution in [0.2, 0.25) is 5.02 Å². The molecule has 1 aliphatic heterocycles. The fourth-order valence-electron chi connectivity index (χ4n) is 4.02. The molecule has 2 aromatic rings. The van der Waals surface area contributed by atoms with E-state index < -0.39 is 0 Å². The maximum Gasteiger partial charge on any atom is 0.276 e. The molecule has 31 heavy (non-hydrogen) atoms. The standard InChI is InChI=1S/C24H25ClN2O3S/c1-29-22-14-17(9-12-21(22)30-15-16-7-10-18(25)11-8-16)13-20-23(28)27(24(31)26-20)19-5-3-2-4-6-19/h7-14,19H,2-6,15H2,1H3,(H,26,31)/b20-13-. The zero-order valence-corrected chi connectivity index (χ0v) is 19.0. The van der Waals surface area contributed by atoms with Crippen LogP contribution in [0.1, 0.15) is 43.2 Å². The van der Waals surface area contributed by atoms with Crippen molar-refractivity contribution in [1.82, 2.24) is 10.2 Å². The van der Waals surface area contributed by atoms with Crippen LogP contribution in [0.5, 0.6) is 11.5 Å². The molecule has 2 fully saturated rings. The van der Waals surface area contributed by atoms with E-state index in [1.54, 1.807) is 12.0 Å². The zero-order chi connectivity index (χ0) is 21.8. The minimum atomic E-state index is -0.0565. The average Bonchev–Trinajstić information content (AvgIpc) is 3.07. The number of hydrogen-bond acceptors (Lipinski definition) is 4. The maximum atomic E-state index is 13.0. The molecule has 162 valence electrons. The van der Waals surface area contributed by atoms with Crippen molar-refractivity contribution in [2.45, 2.75) is 44.8 Å². The molecule has 2 aromatic carbocycles. The Bertz CT molecular complexity index is 1000. The van der Waals surface area contributed by atoms with Crippen molar-refractivity contribution in [3.05, 3.63) is 64.3 Å². The second kappa shape index (κ2) is 9.71. The summed E-state index contributed by atoms with van der Waals surface area (Å²) in [6, 6.07) is 13.3. The highest BCUT2D eigenvalue weighted by Gasteiger charge is 2.36. The van der Waals surface area contributed by atoms with Crippen molar-refractivity contribution in [3.63, 3.8) is 0 Å². The molecule has 0 bridgehead atoms. The van der Waals surface area contributed by atoms with E-state index in [0.717, 1.165) is 36.8 Å². The molecule has 0 unspecified atom stereocenters. The van der Waals surface area contributed by atoms with Gasteiger partial charge in [0.15, 0.2) is 16.6 Å². The highest BCUT2D eigenvalue weighted by Crippen LogP contribution is 2.31. The van der Waals surface area contributed by atoms with Crippen LogP contribution >= 0.6 is 23.8 Å². The first kappa shape index (κ1) is 21.7. The minimum Gasteiger partial charge on any atom is -0.493 e. The van der Waals surface area contributed by atoms with E-state index in [0.29, 0.717) is 33.9 Å². The molecule has 0 atom stereocenters. The summed E-state index contributed by atoms with van der Waals surface area (Å²) in [6.45, 7) is 0.401. The number of nitrogens with one attached hydrogen (secondary N) is 1. The van der Waals surface area contributed by atoms with Gasteiger partial charge in [0.05, 0.1) is 7.11 Å². The number of rotatable bonds is 6. The lowest BCUT2D eigenvalue weighted by Gasteiger charge is -2.29. The van der Waals surface area contributed by atoms with Crippen molar-refractivity contribution >= 4 is 40.9 Å². The number of halogens is 1. The molecule has 2 aliphatic rings. The van der Waals surface area contributed by atoms with Gasteiger partial charge in [0.25, 0.3) is 5.91 Å². The molecule has 1 saturated heterocycles. The summed E-state index contributed by atoms with van der Waals surface area (Å²) in [4.78, 5) is 14.7. The van der Waals surface area contributed by atoms with Crippen LogP contribution in [0.15, 0.2) is 48.2 Å². The Balaban J connectivity index is 1.48. The first-order valence-corrected chi connectivity index (χ1v) is 11.3. The second-order valence-electron chi connectivity index (χ2n) is 7.78. The van der Waals surface area contributed by atoms with Crippen molar-refractivity contribution in [2.24, 2.45) is 0 Å². The Morgan fingerprint density at radius 3 is 2.58 bits per heavy atom. The lowest BCUT2D eigenvalue weighted by molar-refractivity contribution is -0.124. The molecule has 4 rings (SSSR count). The lowest BCUT2D eigenvalue weighted by Crippen LogP contribution is -2.41. The number of nitrogens with zero attached hydrogens (tertiary/aromatic N) is 1. The van der Waals surface area contributed by atoms with Gasteiger partial charge in [0.2, 0.25) is 0 Å². The van der Waals surface area contributed by atoms with Crippen LogP contribution in [-0.2, 0) is 11.4 Å².